The van der Waals surface area contributed by atoms with Gasteiger partial charge in [0, 0.05) is 12.1 Å². The second-order valence-electron chi connectivity index (χ2n) is 4.12. The first kappa shape index (κ1) is 13.4. The second-order valence-corrected chi connectivity index (χ2v) is 4.12. The lowest BCUT2D eigenvalue weighted by Gasteiger charge is -2.02. The van der Waals surface area contributed by atoms with Gasteiger partial charge in [-0.1, -0.05) is 43.7 Å². The van der Waals surface area contributed by atoms with Gasteiger partial charge in [-0.05, 0) is 25.3 Å². The quantitative estimate of drug-likeness (QED) is 0.594. The third kappa shape index (κ3) is 5.85. The lowest BCUT2D eigenvalue weighted by molar-refractivity contribution is -0.121. The van der Waals surface area contributed by atoms with Gasteiger partial charge in [0.25, 0.3) is 0 Å². The Labute approximate surface area is 103 Å². The summed E-state index contributed by atoms with van der Waals surface area (Å²) in [6.07, 6.45) is 3.22. The highest BCUT2D eigenvalue weighted by Gasteiger charge is 2.00. The summed E-state index contributed by atoms with van der Waals surface area (Å²) in [6, 6.07) is 9.99. The molecule has 0 atom stereocenters. The molecule has 1 N–H and O–H groups in total. The van der Waals surface area contributed by atoms with E-state index in [0.717, 1.165) is 25.0 Å². The number of nitrogens with zero attached hydrogens (tertiary/aromatic N) is 1. The van der Waals surface area contributed by atoms with E-state index in [2.05, 4.69) is 17.5 Å². The van der Waals surface area contributed by atoms with Gasteiger partial charge in [-0.15, -0.1) is 0 Å². The van der Waals surface area contributed by atoms with Gasteiger partial charge in [0.15, 0.2) is 0 Å². The van der Waals surface area contributed by atoms with Crippen LogP contribution in [0.2, 0.25) is 0 Å². The van der Waals surface area contributed by atoms with Crippen molar-refractivity contribution in [1.82, 2.24) is 5.43 Å². The molecule has 0 aliphatic heterocycles. The standard InChI is InChI=1S/C14H20N2O/c1-3-7-12(2)15-16-14(17)11-10-13-8-5-4-6-9-13/h4-6,8-9H,3,7,10-11H2,1-2H3,(H,16,17)/b15-12+. The molecule has 3 heteroatoms. The van der Waals surface area contributed by atoms with E-state index in [-0.39, 0.29) is 5.91 Å². The van der Waals surface area contributed by atoms with Crippen LogP contribution < -0.4 is 5.43 Å². The molecule has 1 aromatic rings. The van der Waals surface area contributed by atoms with E-state index in [1.165, 1.54) is 5.56 Å². The molecule has 1 aromatic carbocycles. The summed E-state index contributed by atoms with van der Waals surface area (Å²) in [7, 11) is 0. The van der Waals surface area contributed by atoms with Crippen LogP contribution in [0.5, 0.6) is 0 Å². The highest BCUT2D eigenvalue weighted by molar-refractivity contribution is 5.84. The van der Waals surface area contributed by atoms with Gasteiger partial charge in [-0.25, -0.2) is 5.43 Å². The summed E-state index contributed by atoms with van der Waals surface area (Å²) in [5.74, 6) is -0.0238. The smallest absolute Gasteiger partial charge is 0.240 e. The van der Waals surface area contributed by atoms with E-state index in [9.17, 15) is 4.79 Å². The molecule has 0 saturated carbocycles. The van der Waals surface area contributed by atoms with Gasteiger partial charge in [-0.3, -0.25) is 4.79 Å². The predicted octanol–water partition coefficient (Wildman–Crippen LogP) is 2.91. The maximum atomic E-state index is 11.5. The molecule has 17 heavy (non-hydrogen) atoms. The number of nitrogens with one attached hydrogen (secondary N) is 1. The van der Waals surface area contributed by atoms with Crippen LogP contribution in [0, 0.1) is 0 Å². The lowest BCUT2D eigenvalue weighted by Crippen LogP contribution is -2.19. The fourth-order valence-electron chi connectivity index (χ4n) is 1.53. The Morgan fingerprint density at radius 3 is 2.59 bits per heavy atom. The SMILES string of the molecule is CCC/C(C)=N/NC(=O)CCc1ccccc1. The minimum Gasteiger partial charge on any atom is -0.273 e. The molecule has 0 aromatic heterocycles. The Morgan fingerprint density at radius 2 is 1.94 bits per heavy atom. The summed E-state index contributed by atoms with van der Waals surface area (Å²) in [6.45, 7) is 4.03. The number of hydrogen-bond donors (Lipinski definition) is 1. The van der Waals surface area contributed by atoms with Crippen LogP contribution in [0.15, 0.2) is 35.4 Å². The molecule has 0 heterocycles. The van der Waals surface area contributed by atoms with E-state index >= 15 is 0 Å². The summed E-state index contributed by atoms with van der Waals surface area (Å²) in [5, 5.41) is 4.04. The topological polar surface area (TPSA) is 41.5 Å². The van der Waals surface area contributed by atoms with Crippen molar-refractivity contribution in [3.05, 3.63) is 35.9 Å². The first-order valence-corrected chi connectivity index (χ1v) is 6.08. The van der Waals surface area contributed by atoms with Crippen molar-refractivity contribution in [2.24, 2.45) is 5.10 Å². The van der Waals surface area contributed by atoms with Gasteiger partial charge in [0.2, 0.25) is 5.91 Å². The Balaban J connectivity index is 2.29. The van der Waals surface area contributed by atoms with Crippen molar-refractivity contribution >= 4 is 11.6 Å². The molecule has 1 amide bonds. The molecule has 0 radical (unpaired) electrons. The van der Waals surface area contributed by atoms with E-state index in [0.29, 0.717) is 6.42 Å². The number of benzene rings is 1. The number of rotatable bonds is 6. The van der Waals surface area contributed by atoms with Crippen LogP contribution in [0.3, 0.4) is 0 Å². The highest BCUT2D eigenvalue weighted by atomic mass is 16.2. The van der Waals surface area contributed by atoms with Gasteiger partial charge in [0.05, 0.1) is 0 Å². The maximum Gasteiger partial charge on any atom is 0.240 e. The van der Waals surface area contributed by atoms with Crippen LogP contribution in [0.1, 0.15) is 38.7 Å². The molecule has 0 saturated heterocycles. The molecule has 92 valence electrons. The van der Waals surface area contributed by atoms with Crippen molar-refractivity contribution < 1.29 is 4.79 Å². The highest BCUT2D eigenvalue weighted by Crippen LogP contribution is 2.02. The monoisotopic (exact) mass is 232 g/mol. The first-order chi connectivity index (χ1) is 8.22. The molecule has 0 aliphatic rings. The molecule has 0 unspecified atom stereocenters. The van der Waals surface area contributed by atoms with Crippen LogP contribution in [-0.4, -0.2) is 11.6 Å². The first-order valence-electron chi connectivity index (χ1n) is 6.08. The van der Waals surface area contributed by atoms with E-state index in [1.807, 2.05) is 37.3 Å². The lowest BCUT2D eigenvalue weighted by atomic mass is 10.1. The zero-order valence-corrected chi connectivity index (χ0v) is 10.6. The van der Waals surface area contributed by atoms with Crippen LogP contribution in [0.25, 0.3) is 0 Å². The van der Waals surface area contributed by atoms with Crippen molar-refractivity contribution in [1.29, 1.82) is 0 Å². The number of amides is 1. The van der Waals surface area contributed by atoms with E-state index in [4.69, 9.17) is 0 Å². The average Bonchev–Trinajstić information content (AvgIpc) is 2.35. The second kappa shape index (κ2) is 7.60. The molecule has 0 fully saturated rings. The Kier molecular flexibility index (Phi) is 6.00. The number of carbonyl (C=O) groups is 1. The normalized spacial score (nSPS) is 11.3. The van der Waals surface area contributed by atoms with Crippen LogP contribution >= 0.6 is 0 Å². The van der Waals surface area contributed by atoms with E-state index < -0.39 is 0 Å². The van der Waals surface area contributed by atoms with E-state index in [1.54, 1.807) is 0 Å². The van der Waals surface area contributed by atoms with Crippen LogP contribution in [0.4, 0.5) is 0 Å². The maximum absolute atomic E-state index is 11.5. The fourth-order valence-corrected chi connectivity index (χ4v) is 1.53. The largest absolute Gasteiger partial charge is 0.273 e. The molecule has 3 nitrogen and oxygen atoms in total. The molecule has 1 rings (SSSR count). The summed E-state index contributed by atoms with van der Waals surface area (Å²) < 4.78 is 0. The predicted molar refractivity (Wildman–Crippen MR) is 70.9 cm³/mol. The molecule has 0 aliphatic carbocycles. The van der Waals surface area contributed by atoms with Crippen LogP contribution in [-0.2, 0) is 11.2 Å². The van der Waals surface area contributed by atoms with Crippen molar-refractivity contribution in [3.8, 4) is 0 Å². The van der Waals surface area contributed by atoms with Crippen molar-refractivity contribution in [3.63, 3.8) is 0 Å². The van der Waals surface area contributed by atoms with Gasteiger partial charge in [0.1, 0.15) is 0 Å². The Hall–Kier alpha value is -1.64. The third-order valence-electron chi connectivity index (χ3n) is 2.47. The molecular formula is C14H20N2O. The zero-order chi connectivity index (χ0) is 12.5. The molecule has 0 bridgehead atoms. The van der Waals surface area contributed by atoms with Gasteiger partial charge < -0.3 is 0 Å². The minimum absolute atomic E-state index is 0.0238. The minimum atomic E-state index is -0.0238. The Morgan fingerprint density at radius 1 is 1.24 bits per heavy atom. The summed E-state index contributed by atoms with van der Waals surface area (Å²) >= 11 is 0. The summed E-state index contributed by atoms with van der Waals surface area (Å²) in [4.78, 5) is 11.5. The number of aryl methyl sites for hydroxylation is 1. The average molecular weight is 232 g/mol. The van der Waals surface area contributed by atoms with Crippen molar-refractivity contribution in [2.75, 3.05) is 0 Å². The number of hydrazone groups is 1. The number of carbonyl (C=O) groups excluding carboxylic acids is 1. The Bertz CT molecular complexity index is 371. The third-order valence-corrected chi connectivity index (χ3v) is 2.47. The zero-order valence-electron chi connectivity index (χ0n) is 10.6. The fraction of sp³-hybridized carbons (Fsp3) is 0.429. The van der Waals surface area contributed by atoms with Gasteiger partial charge in [-0.2, -0.15) is 5.10 Å². The number of hydrogen-bond acceptors (Lipinski definition) is 2. The molecule has 0 spiro atoms. The van der Waals surface area contributed by atoms with Gasteiger partial charge >= 0.3 is 0 Å². The molecular weight excluding hydrogens is 212 g/mol. The van der Waals surface area contributed by atoms with Crippen molar-refractivity contribution in [2.45, 2.75) is 39.5 Å². The summed E-state index contributed by atoms with van der Waals surface area (Å²) in [5.41, 5.74) is 4.74.